The number of nitrogens with zero attached hydrogens (tertiary/aromatic N) is 2. The van der Waals surface area contributed by atoms with Crippen molar-refractivity contribution in [1.82, 2.24) is 10.2 Å². The predicted octanol–water partition coefficient (Wildman–Crippen LogP) is 4.12. The molecule has 1 aliphatic carbocycles. The van der Waals surface area contributed by atoms with Gasteiger partial charge in [-0.3, -0.25) is 0 Å². The second kappa shape index (κ2) is 9.40. The minimum Gasteiger partial charge on any atom is -0.491 e. The third kappa shape index (κ3) is 6.17. The van der Waals surface area contributed by atoms with Crippen molar-refractivity contribution in [2.75, 3.05) is 17.7 Å². The smallest absolute Gasteiger partial charge is 0.206 e. The number of aryl methyl sites for hydroxylation is 1. The molecule has 1 aromatic heterocycles. The standard InChI is InChI=1S/C18H25N3O2S2/c1-13-7-9-16(10-8-13)23-11-15(22)12-24-18-21-20-17(25-18)19-14-5-3-2-4-6-14/h7-10,14-15,22H,2-6,11-12H2,1H3,(H,19,20). The highest BCUT2D eigenvalue weighted by atomic mass is 32.2. The number of anilines is 1. The molecule has 0 saturated heterocycles. The van der Waals surface area contributed by atoms with Crippen LogP contribution < -0.4 is 10.1 Å². The van der Waals surface area contributed by atoms with Crippen LogP contribution in [0.1, 0.15) is 37.7 Å². The van der Waals surface area contributed by atoms with E-state index in [2.05, 4.69) is 15.5 Å². The highest BCUT2D eigenvalue weighted by Crippen LogP contribution is 2.28. The van der Waals surface area contributed by atoms with Crippen LogP contribution >= 0.6 is 23.1 Å². The Labute approximate surface area is 157 Å². The van der Waals surface area contributed by atoms with Crippen LogP contribution in [0.5, 0.6) is 5.75 Å². The molecule has 2 aromatic rings. The molecule has 1 atom stereocenters. The van der Waals surface area contributed by atoms with Crippen molar-refractivity contribution < 1.29 is 9.84 Å². The molecular formula is C18H25N3O2S2. The van der Waals surface area contributed by atoms with E-state index in [-0.39, 0.29) is 6.61 Å². The van der Waals surface area contributed by atoms with E-state index >= 15 is 0 Å². The van der Waals surface area contributed by atoms with Gasteiger partial charge in [0.1, 0.15) is 12.4 Å². The molecule has 0 bridgehead atoms. The lowest BCUT2D eigenvalue weighted by molar-refractivity contribution is 0.126. The molecule has 1 saturated carbocycles. The van der Waals surface area contributed by atoms with E-state index < -0.39 is 6.10 Å². The van der Waals surface area contributed by atoms with Gasteiger partial charge >= 0.3 is 0 Å². The van der Waals surface area contributed by atoms with Crippen LogP contribution in [-0.2, 0) is 0 Å². The van der Waals surface area contributed by atoms with Crippen LogP contribution in [-0.4, -0.2) is 39.8 Å². The van der Waals surface area contributed by atoms with E-state index in [0.717, 1.165) is 15.2 Å². The van der Waals surface area contributed by atoms with Crippen LogP contribution in [0.25, 0.3) is 0 Å². The lowest BCUT2D eigenvalue weighted by atomic mass is 9.96. The number of ether oxygens (including phenoxy) is 1. The van der Waals surface area contributed by atoms with Crippen LogP contribution in [0.3, 0.4) is 0 Å². The summed E-state index contributed by atoms with van der Waals surface area (Å²) in [5, 5.41) is 22.9. The van der Waals surface area contributed by atoms with E-state index in [4.69, 9.17) is 4.74 Å². The van der Waals surface area contributed by atoms with E-state index in [1.165, 1.54) is 49.4 Å². The first-order valence-electron chi connectivity index (χ1n) is 8.79. The van der Waals surface area contributed by atoms with Crippen LogP contribution in [0.2, 0.25) is 0 Å². The molecule has 1 aliphatic rings. The molecule has 2 N–H and O–H groups in total. The first-order valence-corrected chi connectivity index (χ1v) is 10.6. The number of aliphatic hydroxyl groups is 1. The highest BCUT2D eigenvalue weighted by molar-refractivity contribution is 8.01. The number of aromatic nitrogens is 2. The predicted molar refractivity (Wildman–Crippen MR) is 104 cm³/mol. The lowest BCUT2D eigenvalue weighted by Gasteiger charge is -2.21. The molecule has 0 radical (unpaired) electrons. The highest BCUT2D eigenvalue weighted by Gasteiger charge is 2.16. The Balaban J connectivity index is 1.38. The first kappa shape index (κ1) is 18.5. The topological polar surface area (TPSA) is 67.3 Å². The number of aliphatic hydroxyl groups excluding tert-OH is 1. The van der Waals surface area contributed by atoms with Crippen LogP contribution in [0.15, 0.2) is 28.6 Å². The van der Waals surface area contributed by atoms with E-state index in [9.17, 15) is 5.11 Å². The summed E-state index contributed by atoms with van der Waals surface area (Å²) in [6.07, 6.45) is 5.84. The normalized spacial score (nSPS) is 16.6. The molecular weight excluding hydrogens is 354 g/mol. The molecule has 3 rings (SSSR count). The summed E-state index contributed by atoms with van der Waals surface area (Å²) in [6.45, 7) is 2.32. The summed E-state index contributed by atoms with van der Waals surface area (Å²) >= 11 is 3.09. The molecule has 25 heavy (non-hydrogen) atoms. The maximum atomic E-state index is 10.1. The fourth-order valence-electron chi connectivity index (χ4n) is 2.79. The average Bonchev–Trinajstić information content (AvgIpc) is 3.08. The quantitative estimate of drug-likeness (QED) is 0.673. The molecule has 7 heteroatoms. The monoisotopic (exact) mass is 379 g/mol. The molecule has 0 amide bonds. The molecule has 5 nitrogen and oxygen atoms in total. The lowest BCUT2D eigenvalue weighted by Crippen LogP contribution is -2.21. The summed E-state index contributed by atoms with van der Waals surface area (Å²) in [6, 6.07) is 8.37. The SMILES string of the molecule is Cc1ccc(OCC(O)CSc2nnc(NC3CCCCC3)s2)cc1. The van der Waals surface area contributed by atoms with Gasteiger partial charge in [0.05, 0.1) is 6.10 Å². The van der Waals surface area contributed by atoms with Crippen molar-refractivity contribution in [3.63, 3.8) is 0 Å². The van der Waals surface area contributed by atoms with Crippen molar-refractivity contribution in [3.05, 3.63) is 29.8 Å². The molecule has 1 fully saturated rings. The largest absolute Gasteiger partial charge is 0.491 e. The Bertz CT molecular complexity index is 642. The molecule has 1 heterocycles. The molecule has 0 aliphatic heterocycles. The zero-order valence-corrected chi connectivity index (χ0v) is 16.1. The molecule has 0 spiro atoms. The summed E-state index contributed by atoms with van der Waals surface area (Å²) in [4.78, 5) is 0. The van der Waals surface area contributed by atoms with Crippen LogP contribution in [0, 0.1) is 6.92 Å². The Morgan fingerprint density at radius 3 is 2.76 bits per heavy atom. The van der Waals surface area contributed by atoms with E-state index in [1.807, 2.05) is 31.2 Å². The van der Waals surface area contributed by atoms with Gasteiger partial charge < -0.3 is 15.2 Å². The third-order valence-electron chi connectivity index (χ3n) is 4.20. The van der Waals surface area contributed by atoms with Gasteiger partial charge in [0, 0.05) is 11.8 Å². The summed E-state index contributed by atoms with van der Waals surface area (Å²) in [7, 11) is 0. The third-order valence-corrected chi connectivity index (χ3v) is 6.33. The van der Waals surface area contributed by atoms with Crippen molar-refractivity contribution in [2.24, 2.45) is 0 Å². The van der Waals surface area contributed by atoms with E-state index in [0.29, 0.717) is 11.8 Å². The van der Waals surface area contributed by atoms with Crippen molar-refractivity contribution in [2.45, 2.75) is 55.5 Å². The zero-order chi connectivity index (χ0) is 17.5. The number of nitrogens with one attached hydrogen (secondary N) is 1. The number of benzene rings is 1. The summed E-state index contributed by atoms with van der Waals surface area (Å²) in [5.74, 6) is 1.33. The Morgan fingerprint density at radius 1 is 1.24 bits per heavy atom. The van der Waals surface area contributed by atoms with Gasteiger partial charge in [-0.15, -0.1) is 10.2 Å². The van der Waals surface area contributed by atoms with Gasteiger partial charge in [-0.2, -0.15) is 0 Å². The number of hydrogen-bond acceptors (Lipinski definition) is 7. The van der Waals surface area contributed by atoms with Gasteiger partial charge in [-0.05, 0) is 31.9 Å². The average molecular weight is 380 g/mol. The van der Waals surface area contributed by atoms with Crippen molar-refractivity contribution in [3.8, 4) is 5.75 Å². The summed E-state index contributed by atoms with van der Waals surface area (Å²) < 4.78 is 6.49. The van der Waals surface area contributed by atoms with Gasteiger partial charge in [0.2, 0.25) is 5.13 Å². The summed E-state index contributed by atoms with van der Waals surface area (Å²) in [5.41, 5.74) is 1.19. The van der Waals surface area contributed by atoms with Gasteiger partial charge in [0.15, 0.2) is 4.34 Å². The van der Waals surface area contributed by atoms with Crippen LogP contribution in [0.4, 0.5) is 5.13 Å². The first-order chi connectivity index (χ1) is 12.2. The second-order valence-electron chi connectivity index (χ2n) is 6.44. The van der Waals surface area contributed by atoms with Gasteiger partial charge in [-0.1, -0.05) is 60.1 Å². The Hall–Kier alpha value is -1.31. The molecule has 1 unspecified atom stereocenters. The second-order valence-corrected chi connectivity index (χ2v) is 8.69. The van der Waals surface area contributed by atoms with E-state index in [1.54, 1.807) is 11.3 Å². The van der Waals surface area contributed by atoms with Crippen molar-refractivity contribution in [1.29, 1.82) is 0 Å². The van der Waals surface area contributed by atoms with Gasteiger partial charge in [0.25, 0.3) is 0 Å². The minimum atomic E-state index is -0.537. The molecule has 136 valence electrons. The minimum absolute atomic E-state index is 0.280. The zero-order valence-electron chi connectivity index (χ0n) is 14.5. The van der Waals surface area contributed by atoms with Gasteiger partial charge in [-0.25, -0.2) is 0 Å². The number of rotatable bonds is 8. The number of thioether (sulfide) groups is 1. The van der Waals surface area contributed by atoms with Crippen molar-refractivity contribution >= 4 is 28.2 Å². The maximum Gasteiger partial charge on any atom is 0.206 e. The number of hydrogen-bond donors (Lipinski definition) is 2. The Morgan fingerprint density at radius 2 is 2.00 bits per heavy atom. The maximum absolute atomic E-state index is 10.1. The Kier molecular flexibility index (Phi) is 6.95. The molecule has 1 aromatic carbocycles. The fraction of sp³-hybridized carbons (Fsp3) is 0.556. The fourth-order valence-corrected chi connectivity index (χ4v) is 4.55.